The van der Waals surface area contributed by atoms with E-state index in [1.54, 1.807) is 0 Å². The zero-order valence-electron chi connectivity index (χ0n) is 15.5. The van der Waals surface area contributed by atoms with Gasteiger partial charge in [0, 0.05) is 29.4 Å². The zero-order valence-corrected chi connectivity index (χ0v) is 15.5. The van der Waals surface area contributed by atoms with Gasteiger partial charge in [-0.05, 0) is 56.9 Å². The van der Waals surface area contributed by atoms with Crippen molar-refractivity contribution in [3.05, 3.63) is 65.7 Å². The maximum Gasteiger partial charge on any atom is 0.322 e. The number of hydrogen-bond donors (Lipinski definition) is 2. The number of nitrogens with zero attached hydrogens (tertiary/aromatic N) is 1. The Morgan fingerprint density at radius 2 is 1.56 bits per heavy atom. The van der Waals surface area contributed by atoms with Crippen LogP contribution < -0.4 is 10.6 Å². The largest absolute Gasteiger partial charge is 0.349 e. The van der Waals surface area contributed by atoms with Crippen LogP contribution in [0.15, 0.2) is 54.6 Å². The van der Waals surface area contributed by atoms with Gasteiger partial charge in [-0.1, -0.05) is 35.9 Å². The molecule has 2 saturated heterocycles. The van der Waals surface area contributed by atoms with E-state index >= 15 is 0 Å². The van der Waals surface area contributed by atoms with E-state index < -0.39 is 0 Å². The molecule has 2 aromatic carbocycles. The van der Waals surface area contributed by atoms with Gasteiger partial charge in [-0.25, -0.2) is 4.79 Å². The lowest BCUT2D eigenvalue weighted by Crippen LogP contribution is -2.53. The molecule has 27 heavy (non-hydrogen) atoms. The molecule has 2 atom stereocenters. The van der Waals surface area contributed by atoms with E-state index in [1.165, 1.54) is 0 Å². The summed E-state index contributed by atoms with van der Waals surface area (Å²) in [5.74, 6) is -0.0263. The van der Waals surface area contributed by atoms with Crippen molar-refractivity contribution in [2.24, 2.45) is 0 Å². The zero-order chi connectivity index (χ0) is 18.8. The van der Waals surface area contributed by atoms with Crippen LogP contribution >= 0.6 is 0 Å². The van der Waals surface area contributed by atoms with Crippen LogP contribution in [0, 0.1) is 6.92 Å². The summed E-state index contributed by atoms with van der Waals surface area (Å²) in [6, 6.07) is 17.7. The van der Waals surface area contributed by atoms with Crippen molar-refractivity contribution in [3.63, 3.8) is 0 Å². The number of para-hydroxylation sites is 1. The van der Waals surface area contributed by atoms with Crippen LogP contribution in [0.5, 0.6) is 0 Å². The lowest BCUT2D eigenvalue weighted by molar-refractivity contribution is 0.0891. The molecule has 2 fully saturated rings. The first-order valence-corrected chi connectivity index (χ1v) is 9.62. The third kappa shape index (κ3) is 3.82. The molecule has 3 amide bonds. The number of nitrogens with one attached hydrogen (secondary N) is 2. The summed E-state index contributed by atoms with van der Waals surface area (Å²) in [6.07, 6.45) is 3.64. The molecule has 2 aliphatic heterocycles. The molecule has 140 valence electrons. The predicted molar refractivity (Wildman–Crippen MR) is 106 cm³/mol. The van der Waals surface area contributed by atoms with Crippen molar-refractivity contribution in [1.29, 1.82) is 0 Å². The van der Waals surface area contributed by atoms with Gasteiger partial charge in [0.2, 0.25) is 0 Å². The van der Waals surface area contributed by atoms with Crippen molar-refractivity contribution in [2.75, 3.05) is 5.32 Å². The van der Waals surface area contributed by atoms with Crippen molar-refractivity contribution in [2.45, 2.75) is 50.7 Å². The molecule has 5 heteroatoms. The van der Waals surface area contributed by atoms with E-state index in [2.05, 4.69) is 10.6 Å². The highest BCUT2D eigenvalue weighted by Gasteiger charge is 2.43. The summed E-state index contributed by atoms with van der Waals surface area (Å²) in [6.45, 7) is 2.01. The molecule has 0 aliphatic carbocycles. The Morgan fingerprint density at radius 1 is 0.926 bits per heavy atom. The summed E-state index contributed by atoms with van der Waals surface area (Å²) in [4.78, 5) is 27.2. The molecular weight excluding hydrogens is 338 g/mol. The Kier molecular flexibility index (Phi) is 4.84. The highest BCUT2D eigenvalue weighted by molar-refractivity contribution is 5.94. The summed E-state index contributed by atoms with van der Waals surface area (Å²) >= 11 is 0. The van der Waals surface area contributed by atoms with E-state index in [-0.39, 0.29) is 30.1 Å². The van der Waals surface area contributed by atoms with Gasteiger partial charge in [-0.2, -0.15) is 0 Å². The fourth-order valence-electron chi connectivity index (χ4n) is 4.31. The Balaban J connectivity index is 1.37. The van der Waals surface area contributed by atoms with Crippen molar-refractivity contribution < 1.29 is 9.59 Å². The van der Waals surface area contributed by atoms with Crippen LogP contribution in [0.3, 0.4) is 0 Å². The monoisotopic (exact) mass is 363 g/mol. The summed E-state index contributed by atoms with van der Waals surface area (Å²) < 4.78 is 0. The quantitative estimate of drug-likeness (QED) is 0.867. The molecular formula is C22H25N3O2. The van der Waals surface area contributed by atoms with Crippen LogP contribution in [-0.4, -0.2) is 35.0 Å². The van der Waals surface area contributed by atoms with Gasteiger partial charge in [0.1, 0.15) is 0 Å². The SMILES string of the molecule is Cc1ccc(C(=O)NC2CC3CCC(C2)N3C(=O)Nc2ccccc2)cc1. The Bertz CT molecular complexity index is 805. The molecule has 2 heterocycles. The molecule has 0 spiro atoms. The average Bonchev–Trinajstić information content (AvgIpc) is 2.94. The Morgan fingerprint density at radius 3 is 2.19 bits per heavy atom. The third-order valence-electron chi connectivity index (χ3n) is 5.64. The van der Waals surface area contributed by atoms with Gasteiger partial charge < -0.3 is 15.5 Å². The standard InChI is InChI=1S/C22H25N3O2/c1-15-7-9-16(10-8-15)21(26)23-18-13-19-11-12-20(14-18)25(19)22(27)24-17-5-3-2-4-6-17/h2-10,18-20H,11-14H2,1H3,(H,23,26)(H,24,27). The normalized spacial score (nSPS) is 23.7. The Hall–Kier alpha value is -2.82. The number of piperidine rings is 1. The van der Waals surface area contributed by atoms with E-state index in [0.717, 1.165) is 36.9 Å². The summed E-state index contributed by atoms with van der Waals surface area (Å²) in [7, 11) is 0. The molecule has 0 saturated carbocycles. The fourth-order valence-corrected chi connectivity index (χ4v) is 4.31. The molecule has 2 N–H and O–H groups in total. The molecule has 2 bridgehead atoms. The maximum absolute atomic E-state index is 12.7. The minimum Gasteiger partial charge on any atom is -0.349 e. The molecule has 0 radical (unpaired) electrons. The van der Waals surface area contributed by atoms with Gasteiger partial charge in [0.15, 0.2) is 0 Å². The maximum atomic E-state index is 12.7. The lowest BCUT2D eigenvalue weighted by Gasteiger charge is -2.39. The second-order valence-electron chi connectivity index (χ2n) is 7.60. The number of benzene rings is 2. The third-order valence-corrected chi connectivity index (χ3v) is 5.64. The van der Waals surface area contributed by atoms with Crippen LogP contribution in [0.2, 0.25) is 0 Å². The lowest BCUT2D eigenvalue weighted by atomic mass is 9.97. The van der Waals surface area contributed by atoms with Gasteiger partial charge in [-0.3, -0.25) is 4.79 Å². The number of urea groups is 1. The topological polar surface area (TPSA) is 61.4 Å². The molecule has 0 aromatic heterocycles. The molecule has 2 unspecified atom stereocenters. The minimum absolute atomic E-state index is 0.0263. The van der Waals surface area contributed by atoms with Crippen LogP contribution in [0.1, 0.15) is 41.6 Å². The highest BCUT2D eigenvalue weighted by Crippen LogP contribution is 2.36. The van der Waals surface area contributed by atoms with E-state index in [9.17, 15) is 9.59 Å². The van der Waals surface area contributed by atoms with Crippen LogP contribution in [0.25, 0.3) is 0 Å². The summed E-state index contributed by atoms with van der Waals surface area (Å²) in [5, 5.41) is 6.17. The summed E-state index contributed by atoms with van der Waals surface area (Å²) in [5.41, 5.74) is 2.65. The minimum atomic E-state index is -0.0305. The number of hydrogen-bond acceptors (Lipinski definition) is 2. The second-order valence-corrected chi connectivity index (χ2v) is 7.60. The van der Waals surface area contributed by atoms with Gasteiger partial charge in [0.05, 0.1) is 0 Å². The predicted octanol–water partition coefficient (Wildman–Crippen LogP) is 3.95. The van der Waals surface area contributed by atoms with Crippen molar-refractivity contribution in [3.8, 4) is 0 Å². The number of rotatable bonds is 3. The van der Waals surface area contributed by atoms with Crippen molar-refractivity contribution in [1.82, 2.24) is 10.2 Å². The first-order valence-electron chi connectivity index (χ1n) is 9.62. The number of anilines is 1. The van der Waals surface area contributed by atoms with Gasteiger partial charge in [0.25, 0.3) is 5.91 Å². The van der Waals surface area contributed by atoms with Crippen LogP contribution in [0.4, 0.5) is 10.5 Å². The van der Waals surface area contributed by atoms with Crippen LogP contribution in [-0.2, 0) is 0 Å². The number of aryl methyl sites for hydroxylation is 1. The van der Waals surface area contributed by atoms with E-state index in [0.29, 0.717) is 5.56 Å². The Labute approximate surface area is 159 Å². The number of fused-ring (bicyclic) bond motifs is 2. The molecule has 4 rings (SSSR count). The fraction of sp³-hybridized carbons (Fsp3) is 0.364. The van der Waals surface area contributed by atoms with E-state index in [1.807, 2.05) is 66.4 Å². The number of amides is 3. The first-order chi connectivity index (χ1) is 13.1. The molecule has 5 nitrogen and oxygen atoms in total. The number of carbonyl (C=O) groups is 2. The van der Waals surface area contributed by atoms with Gasteiger partial charge in [-0.15, -0.1) is 0 Å². The van der Waals surface area contributed by atoms with Gasteiger partial charge >= 0.3 is 6.03 Å². The van der Waals surface area contributed by atoms with Crippen molar-refractivity contribution >= 4 is 17.6 Å². The highest BCUT2D eigenvalue weighted by atomic mass is 16.2. The smallest absolute Gasteiger partial charge is 0.322 e. The first kappa shape index (κ1) is 17.6. The second kappa shape index (κ2) is 7.43. The molecule has 2 aromatic rings. The molecule has 2 aliphatic rings. The average molecular weight is 363 g/mol. The number of carbonyl (C=O) groups excluding carboxylic acids is 2. The van der Waals surface area contributed by atoms with E-state index in [4.69, 9.17) is 0 Å².